The Morgan fingerprint density at radius 2 is 1.62 bits per heavy atom. The minimum atomic E-state index is -0.410. The zero-order chi connectivity index (χ0) is 23.8. The fraction of sp³-hybridized carbons (Fsp3) is 0.360. The lowest BCUT2D eigenvalue weighted by Gasteiger charge is -2.34. The molecule has 1 saturated heterocycles. The van der Waals surface area contributed by atoms with Crippen LogP contribution in [0.2, 0.25) is 0 Å². The Bertz CT molecular complexity index is 1200. The lowest BCUT2D eigenvalue weighted by Crippen LogP contribution is -2.49. The highest BCUT2D eigenvalue weighted by Crippen LogP contribution is 2.33. The summed E-state index contributed by atoms with van der Waals surface area (Å²) in [6.07, 6.45) is 0. The Morgan fingerprint density at radius 3 is 2.26 bits per heavy atom. The van der Waals surface area contributed by atoms with Crippen molar-refractivity contribution in [3.05, 3.63) is 58.7 Å². The highest BCUT2D eigenvalue weighted by Gasteiger charge is 2.36. The van der Waals surface area contributed by atoms with Gasteiger partial charge in [0, 0.05) is 39.3 Å². The van der Waals surface area contributed by atoms with Crippen molar-refractivity contribution in [3.63, 3.8) is 0 Å². The van der Waals surface area contributed by atoms with Gasteiger partial charge in [-0.2, -0.15) is 0 Å². The van der Waals surface area contributed by atoms with Crippen molar-refractivity contribution in [1.82, 2.24) is 20.1 Å². The Morgan fingerprint density at radius 1 is 0.971 bits per heavy atom. The molecule has 0 atom stereocenters. The van der Waals surface area contributed by atoms with Gasteiger partial charge in [0.15, 0.2) is 5.13 Å². The van der Waals surface area contributed by atoms with Crippen molar-refractivity contribution in [1.29, 1.82) is 0 Å². The van der Waals surface area contributed by atoms with E-state index in [0.29, 0.717) is 17.7 Å². The van der Waals surface area contributed by atoms with Crippen LogP contribution in [-0.2, 0) is 4.79 Å². The highest BCUT2D eigenvalue weighted by molar-refractivity contribution is 7.22. The number of thiazole rings is 1. The number of fused-ring (bicyclic) bond motifs is 2. The molecule has 3 heterocycles. The molecule has 0 aliphatic carbocycles. The van der Waals surface area contributed by atoms with E-state index in [1.54, 1.807) is 35.6 Å². The molecule has 1 aromatic heterocycles. The molecule has 0 saturated carbocycles. The standard InChI is InChI=1S/C25H27N5O3S/c1-16-7-8-17(2)22-21(16)27-25(34-22)29-13-11-28(12-14-29)10-9-26-20(31)15-30-23(32)18-5-3-4-6-19(18)24(30)33/h3-8H,9-15H2,1-2H3,(H,26,31). The van der Waals surface area contributed by atoms with Crippen LogP contribution >= 0.6 is 11.3 Å². The zero-order valence-electron chi connectivity index (χ0n) is 19.3. The van der Waals surface area contributed by atoms with Gasteiger partial charge in [-0.25, -0.2) is 4.98 Å². The molecule has 0 unspecified atom stereocenters. The number of nitrogens with one attached hydrogen (secondary N) is 1. The molecule has 0 spiro atoms. The van der Waals surface area contributed by atoms with E-state index < -0.39 is 11.8 Å². The van der Waals surface area contributed by atoms with Crippen LogP contribution in [0.1, 0.15) is 31.8 Å². The summed E-state index contributed by atoms with van der Waals surface area (Å²) in [4.78, 5) is 47.7. The molecule has 1 fully saturated rings. The van der Waals surface area contributed by atoms with E-state index in [0.717, 1.165) is 48.3 Å². The van der Waals surface area contributed by atoms with Crippen LogP contribution in [0.15, 0.2) is 36.4 Å². The number of hydrogen-bond acceptors (Lipinski definition) is 7. The molecule has 176 valence electrons. The average Bonchev–Trinajstić information content (AvgIpc) is 3.40. The molecule has 1 N–H and O–H groups in total. The molecular weight excluding hydrogens is 450 g/mol. The summed E-state index contributed by atoms with van der Waals surface area (Å²) in [5, 5.41) is 3.92. The van der Waals surface area contributed by atoms with Crippen LogP contribution in [0.25, 0.3) is 10.2 Å². The second-order valence-electron chi connectivity index (χ2n) is 8.79. The third-order valence-electron chi connectivity index (χ3n) is 6.50. The molecule has 2 aliphatic heterocycles. The van der Waals surface area contributed by atoms with E-state index in [2.05, 4.69) is 41.1 Å². The minimum Gasteiger partial charge on any atom is -0.353 e. The number of carbonyl (C=O) groups excluding carboxylic acids is 3. The maximum Gasteiger partial charge on any atom is 0.262 e. The third kappa shape index (κ3) is 4.17. The second kappa shape index (κ2) is 9.15. The maximum absolute atomic E-state index is 12.4. The number of aryl methyl sites for hydroxylation is 2. The number of hydrogen-bond donors (Lipinski definition) is 1. The van der Waals surface area contributed by atoms with Crippen LogP contribution in [-0.4, -0.2) is 78.3 Å². The number of nitrogens with zero attached hydrogens (tertiary/aromatic N) is 4. The van der Waals surface area contributed by atoms with Crippen LogP contribution in [0.4, 0.5) is 5.13 Å². The smallest absolute Gasteiger partial charge is 0.262 e. The van der Waals surface area contributed by atoms with E-state index in [1.807, 2.05) is 0 Å². The first-order valence-corrected chi connectivity index (χ1v) is 12.3. The molecule has 9 heteroatoms. The van der Waals surface area contributed by atoms with Gasteiger partial charge in [-0.05, 0) is 37.1 Å². The van der Waals surface area contributed by atoms with Crippen molar-refractivity contribution in [3.8, 4) is 0 Å². The summed E-state index contributed by atoms with van der Waals surface area (Å²) >= 11 is 1.76. The first-order valence-electron chi connectivity index (χ1n) is 11.5. The molecule has 34 heavy (non-hydrogen) atoms. The lowest BCUT2D eigenvalue weighted by atomic mass is 10.1. The number of benzene rings is 2. The predicted molar refractivity (Wildman–Crippen MR) is 133 cm³/mol. The van der Waals surface area contributed by atoms with E-state index in [9.17, 15) is 14.4 Å². The second-order valence-corrected chi connectivity index (χ2v) is 9.77. The van der Waals surface area contributed by atoms with Crippen molar-refractivity contribution < 1.29 is 14.4 Å². The summed E-state index contributed by atoms with van der Waals surface area (Å²) in [6, 6.07) is 10.9. The Labute approximate surface area is 202 Å². The summed E-state index contributed by atoms with van der Waals surface area (Å²) in [7, 11) is 0. The average molecular weight is 478 g/mol. The van der Waals surface area contributed by atoms with Crippen molar-refractivity contribution in [2.45, 2.75) is 13.8 Å². The highest BCUT2D eigenvalue weighted by atomic mass is 32.1. The van der Waals surface area contributed by atoms with E-state index in [1.165, 1.54) is 15.8 Å². The van der Waals surface area contributed by atoms with Crippen LogP contribution in [0.3, 0.4) is 0 Å². The molecule has 8 nitrogen and oxygen atoms in total. The largest absolute Gasteiger partial charge is 0.353 e. The van der Waals surface area contributed by atoms with Crippen molar-refractivity contribution in [2.75, 3.05) is 50.7 Å². The quantitative estimate of drug-likeness (QED) is 0.549. The fourth-order valence-corrected chi connectivity index (χ4v) is 5.65. The molecular formula is C25H27N5O3S. The summed E-state index contributed by atoms with van der Waals surface area (Å²) in [5.74, 6) is -1.15. The van der Waals surface area contributed by atoms with Gasteiger partial charge in [-0.3, -0.25) is 24.2 Å². The number of aromatic nitrogens is 1. The normalized spacial score (nSPS) is 16.4. The number of carbonyl (C=O) groups is 3. The number of anilines is 1. The Balaban J connectivity index is 1.08. The molecule has 2 aliphatic rings. The van der Waals surface area contributed by atoms with Gasteiger partial charge in [-0.1, -0.05) is 35.6 Å². The number of piperazine rings is 1. The lowest BCUT2D eigenvalue weighted by molar-refractivity contribution is -0.121. The first-order chi connectivity index (χ1) is 16.4. The van der Waals surface area contributed by atoms with Crippen LogP contribution < -0.4 is 10.2 Å². The summed E-state index contributed by atoms with van der Waals surface area (Å²) in [5.41, 5.74) is 4.29. The Hall–Kier alpha value is -3.30. The van der Waals surface area contributed by atoms with E-state index in [4.69, 9.17) is 4.98 Å². The van der Waals surface area contributed by atoms with Gasteiger partial charge in [0.25, 0.3) is 11.8 Å². The van der Waals surface area contributed by atoms with Gasteiger partial charge in [0.2, 0.25) is 5.91 Å². The van der Waals surface area contributed by atoms with Crippen LogP contribution in [0.5, 0.6) is 0 Å². The number of imide groups is 1. The topological polar surface area (TPSA) is 85.9 Å². The van der Waals surface area contributed by atoms with Gasteiger partial charge in [0.1, 0.15) is 6.54 Å². The molecule has 2 aromatic carbocycles. The maximum atomic E-state index is 12.4. The summed E-state index contributed by atoms with van der Waals surface area (Å²) < 4.78 is 1.26. The first kappa shape index (κ1) is 22.5. The SMILES string of the molecule is Cc1ccc(C)c2sc(N3CCN(CCNC(=O)CN4C(=O)c5ccccc5C4=O)CC3)nc12. The predicted octanol–water partition coefficient (Wildman–Crippen LogP) is 2.45. The van der Waals surface area contributed by atoms with Crippen molar-refractivity contribution >= 4 is 44.4 Å². The van der Waals surface area contributed by atoms with Gasteiger partial charge in [-0.15, -0.1) is 0 Å². The molecule has 5 rings (SSSR count). The minimum absolute atomic E-state index is 0.253. The van der Waals surface area contributed by atoms with Gasteiger partial charge in [0.05, 0.1) is 21.3 Å². The summed E-state index contributed by atoms with van der Waals surface area (Å²) in [6.45, 7) is 8.74. The van der Waals surface area contributed by atoms with Crippen molar-refractivity contribution in [2.24, 2.45) is 0 Å². The Kier molecular flexibility index (Phi) is 6.05. The van der Waals surface area contributed by atoms with Gasteiger partial charge < -0.3 is 10.2 Å². The van der Waals surface area contributed by atoms with E-state index >= 15 is 0 Å². The molecule has 3 aromatic rings. The monoisotopic (exact) mass is 477 g/mol. The molecule has 3 amide bonds. The van der Waals surface area contributed by atoms with Gasteiger partial charge >= 0.3 is 0 Å². The number of amides is 3. The van der Waals surface area contributed by atoms with E-state index in [-0.39, 0.29) is 12.5 Å². The molecule has 0 radical (unpaired) electrons. The van der Waals surface area contributed by atoms with Crippen LogP contribution in [0, 0.1) is 13.8 Å². The number of rotatable bonds is 6. The zero-order valence-corrected chi connectivity index (χ0v) is 20.2. The fourth-order valence-electron chi connectivity index (χ4n) is 4.48. The molecule has 0 bridgehead atoms. The third-order valence-corrected chi connectivity index (χ3v) is 7.76.